The van der Waals surface area contributed by atoms with Gasteiger partial charge in [0.1, 0.15) is 5.75 Å². The SMILES string of the molecule is COc1ccc(CC(c2ccccc2)c2ccc(OC)c(OC3CCCC3)c2)cc1. The second kappa shape index (κ2) is 9.71. The molecule has 0 N–H and O–H groups in total. The fraction of sp³-hybridized carbons (Fsp3) is 0.333. The lowest BCUT2D eigenvalue weighted by Crippen LogP contribution is -2.12. The zero-order valence-electron chi connectivity index (χ0n) is 17.8. The zero-order chi connectivity index (χ0) is 20.8. The molecule has 1 aliphatic carbocycles. The molecule has 0 bridgehead atoms. The average Bonchev–Trinajstić information content (AvgIpc) is 3.31. The summed E-state index contributed by atoms with van der Waals surface area (Å²) in [5.74, 6) is 2.78. The molecule has 30 heavy (non-hydrogen) atoms. The minimum Gasteiger partial charge on any atom is -0.497 e. The van der Waals surface area contributed by atoms with Gasteiger partial charge in [-0.3, -0.25) is 0 Å². The lowest BCUT2D eigenvalue weighted by atomic mass is 9.86. The number of ether oxygens (including phenoxy) is 3. The Morgan fingerprint density at radius 1 is 0.767 bits per heavy atom. The summed E-state index contributed by atoms with van der Waals surface area (Å²) in [4.78, 5) is 0. The second-order valence-corrected chi connectivity index (χ2v) is 7.95. The van der Waals surface area contributed by atoms with Gasteiger partial charge >= 0.3 is 0 Å². The highest BCUT2D eigenvalue weighted by atomic mass is 16.5. The van der Waals surface area contributed by atoms with E-state index in [0.29, 0.717) is 6.10 Å². The summed E-state index contributed by atoms with van der Waals surface area (Å²) in [6.07, 6.45) is 5.95. The van der Waals surface area contributed by atoms with E-state index in [4.69, 9.17) is 14.2 Å². The Kier molecular flexibility index (Phi) is 6.58. The lowest BCUT2D eigenvalue weighted by molar-refractivity contribution is 0.200. The molecule has 1 atom stereocenters. The van der Waals surface area contributed by atoms with Crippen LogP contribution in [0.3, 0.4) is 0 Å². The van der Waals surface area contributed by atoms with Crippen molar-refractivity contribution in [3.8, 4) is 17.2 Å². The van der Waals surface area contributed by atoms with Crippen molar-refractivity contribution in [3.63, 3.8) is 0 Å². The fourth-order valence-corrected chi connectivity index (χ4v) is 4.30. The lowest BCUT2D eigenvalue weighted by Gasteiger charge is -2.22. The summed E-state index contributed by atoms with van der Waals surface area (Å²) in [6, 6.07) is 25.4. The third-order valence-electron chi connectivity index (χ3n) is 5.99. The van der Waals surface area contributed by atoms with E-state index in [1.165, 1.54) is 29.5 Å². The number of methoxy groups -OCH3 is 2. The minimum atomic E-state index is 0.233. The van der Waals surface area contributed by atoms with Gasteiger partial charge in [-0.05, 0) is 73.1 Å². The summed E-state index contributed by atoms with van der Waals surface area (Å²) in [7, 11) is 3.41. The van der Waals surface area contributed by atoms with Crippen molar-refractivity contribution in [2.75, 3.05) is 14.2 Å². The van der Waals surface area contributed by atoms with Crippen molar-refractivity contribution in [1.29, 1.82) is 0 Å². The van der Waals surface area contributed by atoms with E-state index in [-0.39, 0.29) is 5.92 Å². The molecule has 0 radical (unpaired) electrons. The third-order valence-corrected chi connectivity index (χ3v) is 5.99. The van der Waals surface area contributed by atoms with Crippen LogP contribution in [-0.4, -0.2) is 20.3 Å². The molecule has 156 valence electrons. The van der Waals surface area contributed by atoms with E-state index in [2.05, 4.69) is 54.6 Å². The van der Waals surface area contributed by atoms with Crippen LogP contribution >= 0.6 is 0 Å². The molecule has 1 unspecified atom stereocenters. The number of benzene rings is 3. The Labute approximate surface area is 179 Å². The topological polar surface area (TPSA) is 27.7 Å². The molecule has 0 aliphatic heterocycles. The van der Waals surface area contributed by atoms with Gasteiger partial charge in [-0.15, -0.1) is 0 Å². The first-order chi connectivity index (χ1) is 14.8. The van der Waals surface area contributed by atoms with Gasteiger partial charge < -0.3 is 14.2 Å². The van der Waals surface area contributed by atoms with E-state index < -0.39 is 0 Å². The molecule has 3 aromatic carbocycles. The predicted octanol–water partition coefficient (Wildman–Crippen LogP) is 6.40. The molecule has 0 saturated heterocycles. The molecule has 1 saturated carbocycles. The Hall–Kier alpha value is -2.94. The highest BCUT2D eigenvalue weighted by Gasteiger charge is 2.21. The van der Waals surface area contributed by atoms with E-state index >= 15 is 0 Å². The first kappa shape index (κ1) is 20.3. The van der Waals surface area contributed by atoms with Gasteiger partial charge in [-0.25, -0.2) is 0 Å². The minimum absolute atomic E-state index is 0.233. The van der Waals surface area contributed by atoms with Crippen LogP contribution < -0.4 is 14.2 Å². The van der Waals surface area contributed by atoms with Gasteiger partial charge in [0.25, 0.3) is 0 Å². The normalized spacial score (nSPS) is 15.0. The fourth-order valence-electron chi connectivity index (χ4n) is 4.30. The van der Waals surface area contributed by atoms with Crippen LogP contribution in [0.2, 0.25) is 0 Å². The highest BCUT2D eigenvalue weighted by molar-refractivity contribution is 5.47. The Balaban J connectivity index is 1.67. The Morgan fingerprint density at radius 2 is 1.50 bits per heavy atom. The van der Waals surface area contributed by atoms with Gasteiger partial charge in [0.15, 0.2) is 11.5 Å². The van der Waals surface area contributed by atoms with Crippen LogP contribution in [0.25, 0.3) is 0 Å². The number of rotatable bonds is 8. The standard InChI is InChI=1S/C27H30O3/c1-28-23-15-12-20(13-16-23)18-25(21-8-4-3-5-9-21)22-14-17-26(29-2)27(19-22)30-24-10-6-7-11-24/h3-5,8-9,12-17,19,24-25H,6-7,10-11,18H2,1-2H3. The maximum Gasteiger partial charge on any atom is 0.161 e. The summed E-state index contributed by atoms with van der Waals surface area (Å²) in [5, 5.41) is 0. The van der Waals surface area contributed by atoms with Crippen molar-refractivity contribution >= 4 is 0 Å². The first-order valence-corrected chi connectivity index (χ1v) is 10.8. The summed E-state index contributed by atoms with van der Waals surface area (Å²) < 4.78 is 17.3. The van der Waals surface area contributed by atoms with Crippen molar-refractivity contribution in [1.82, 2.24) is 0 Å². The molecule has 0 aromatic heterocycles. The summed E-state index contributed by atoms with van der Waals surface area (Å²) >= 11 is 0. The van der Waals surface area contributed by atoms with E-state index in [9.17, 15) is 0 Å². The zero-order valence-corrected chi connectivity index (χ0v) is 17.8. The molecule has 1 fully saturated rings. The van der Waals surface area contributed by atoms with Crippen molar-refractivity contribution in [2.24, 2.45) is 0 Å². The van der Waals surface area contributed by atoms with Gasteiger partial charge in [0, 0.05) is 5.92 Å². The molecule has 0 heterocycles. The summed E-state index contributed by atoms with van der Waals surface area (Å²) in [6.45, 7) is 0. The molecule has 3 heteroatoms. The quantitative estimate of drug-likeness (QED) is 0.436. The van der Waals surface area contributed by atoms with Crippen molar-refractivity contribution in [3.05, 3.63) is 89.5 Å². The molecule has 3 aromatic rings. The maximum atomic E-state index is 6.36. The molecule has 4 rings (SSSR count). The average molecular weight is 403 g/mol. The molecular weight excluding hydrogens is 372 g/mol. The Morgan fingerprint density at radius 3 is 2.17 bits per heavy atom. The Bertz CT molecular complexity index is 928. The molecule has 3 nitrogen and oxygen atoms in total. The van der Waals surface area contributed by atoms with Crippen LogP contribution in [0, 0.1) is 0 Å². The first-order valence-electron chi connectivity index (χ1n) is 10.8. The van der Waals surface area contributed by atoms with E-state index in [1.54, 1.807) is 14.2 Å². The van der Waals surface area contributed by atoms with Crippen LogP contribution in [0.15, 0.2) is 72.8 Å². The van der Waals surface area contributed by atoms with Crippen molar-refractivity contribution < 1.29 is 14.2 Å². The maximum absolute atomic E-state index is 6.36. The summed E-state index contributed by atoms with van der Waals surface area (Å²) in [5.41, 5.74) is 3.81. The van der Waals surface area contributed by atoms with Gasteiger partial charge in [0.2, 0.25) is 0 Å². The van der Waals surface area contributed by atoms with Gasteiger partial charge in [-0.1, -0.05) is 48.5 Å². The van der Waals surface area contributed by atoms with Gasteiger partial charge in [-0.2, -0.15) is 0 Å². The monoisotopic (exact) mass is 402 g/mol. The van der Waals surface area contributed by atoms with Crippen molar-refractivity contribution in [2.45, 2.75) is 44.1 Å². The molecule has 0 amide bonds. The third kappa shape index (κ3) is 4.79. The largest absolute Gasteiger partial charge is 0.497 e. The van der Waals surface area contributed by atoms with E-state index in [1.807, 2.05) is 18.2 Å². The highest BCUT2D eigenvalue weighted by Crippen LogP contribution is 2.37. The van der Waals surface area contributed by atoms with Gasteiger partial charge in [0.05, 0.1) is 20.3 Å². The van der Waals surface area contributed by atoms with Crippen LogP contribution in [0.1, 0.15) is 48.3 Å². The second-order valence-electron chi connectivity index (χ2n) is 7.95. The van der Waals surface area contributed by atoms with Crippen LogP contribution in [-0.2, 0) is 6.42 Å². The molecular formula is C27H30O3. The smallest absolute Gasteiger partial charge is 0.161 e. The predicted molar refractivity (Wildman–Crippen MR) is 121 cm³/mol. The number of hydrogen-bond acceptors (Lipinski definition) is 3. The van der Waals surface area contributed by atoms with E-state index in [0.717, 1.165) is 36.5 Å². The number of hydrogen-bond donors (Lipinski definition) is 0. The van der Waals surface area contributed by atoms with Crippen LogP contribution in [0.4, 0.5) is 0 Å². The molecule has 0 spiro atoms. The van der Waals surface area contributed by atoms with Crippen LogP contribution in [0.5, 0.6) is 17.2 Å². The molecule has 1 aliphatic rings.